The van der Waals surface area contributed by atoms with E-state index >= 15 is 0 Å². The van der Waals surface area contributed by atoms with Gasteiger partial charge in [-0.25, -0.2) is 0 Å². The smallest absolute Gasteiger partial charge is 1.00 e. The summed E-state index contributed by atoms with van der Waals surface area (Å²) in [5.41, 5.74) is 21.9. The normalized spacial score (nSPS) is 17.9. The van der Waals surface area contributed by atoms with Gasteiger partial charge >= 0.3 is 285 Å². The standard InChI is InChI=1S/C44H48.2ClH.Zr/c1-27(2)31-15-19-33(20-16-31)37-13-9-11-35-25-41(29(5)6)39(43(35)37)23-24-40-42(30(7)8)26-36-12-10-14-38(44(36)40)34-21-17-32(18-22-34)28(3)4;;;/h9-22,25-30H,23-24H2,1-8H3;2*1H;/q;;;+2/p-2. The van der Waals surface area contributed by atoms with E-state index in [0.717, 1.165) is 12.8 Å². The maximum absolute atomic E-state index is 2.51. The van der Waals surface area contributed by atoms with Crippen molar-refractivity contribution in [2.75, 3.05) is 0 Å². The van der Waals surface area contributed by atoms with Crippen LogP contribution in [-0.2, 0) is 23.2 Å². The fourth-order valence-electron chi connectivity index (χ4n) is 8.52. The molecule has 1 heterocycles. The summed E-state index contributed by atoms with van der Waals surface area (Å²) in [6.45, 7) is 19.0. The van der Waals surface area contributed by atoms with E-state index in [2.05, 4.69) is 140 Å². The summed E-state index contributed by atoms with van der Waals surface area (Å²) in [7, 11) is 0. The molecule has 4 bridgehead atoms. The largest absolute Gasteiger partial charge is 1.00 e. The van der Waals surface area contributed by atoms with Gasteiger partial charge in [0, 0.05) is 0 Å². The Morgan fingerprint density at radius 2 is 0.830 bits per heavy atom. The van der Waals surface area contributed by atoms with Crippen LogP contribution in [0.25, 0.3) is 33.4 Å². The Bertz CT molecular complexity index is 1690. The summed E-state index contributed by atoms with van der Waals surface area (Å²) in [6, 6.07) is 33.5. The van der Waals surface area contributed by atoms with Gasteiger partial charge in [0.15, 0.2) is 0 Å². The molecule has 4 aromatic rings. The second-order valence-electron chi connectivity index (χ2n) is 14.8. The summed E-state index contributed by atoms with van der Waals surface area (Å²) in [4.78, 5) is 0. The quantitative estimate of drug-likeness (QED) is 0.205. The van der Waals surface area contributed by atoms with Crippen molar-refractivity contribution >= 4 is 11.1 Å². The van der Waals surface area contributed by atoms with E-state index in [1.807, 2.05) is 0 Å². The predicted octanol–water partition coefficient (Wildman–Crippen LogP) is 6.78. The molecule has 47 heavy (non-hydrogen) atoms. The zero-order valence-electron chi connectivity index (χ0n) is 29.2. The monoisotopic (exact) mass is 736 g/mol. The molecule has 4 aromatic carbocycles. The van der Waals surface area contributed by atoms with E-state index in [1.54, 1.807) is 44.5 Å². The third kappa shape index (κ3) is 6.24. The molecule has 3 heteroatoms. The van der Waals surface area contributed by atoms with Crippen LogP contribution in [0.3, 0.4) is 0 Å². The van der Waals surface area contributed by atoms with Crippen LogP contribution in [0.2, 0.25) is 0 Å². The van der Waals surface area contributed by atoms with Crippen molar-refractivity contribution in [2.24, 2.45) is 11.8 Å². The van der Waals surface area contributed by atoms with Gasteiger partial charge in [-0.3, -0.25) is 0 Å². The molecule has 0 N–H and O–H groups in total. The van der Waals surface area contributed by atoms with Gasteiger partial charge in [0.25, 0.3) is 0 Å². The van der Waals surface area contributed by atoms with Crippen molar-refractivity contribution in [1.82, 2.24) is 0 Å². The molecule has 2 unspecified atom stereocenters. The molecule has 0 fully saturated rings. The first-order valence-electron chi connectivity index (χ1n) is 17.3. The van der Waals surface area contributed by atoms with E-state index in [9.17, 15) is 0 Å². The summed E-state index contributed by atoms with van der Waals surface area (Å²) in [5.74, 6) is 2.25. The Morgan fingerprint density at radius 3 is 1.15 bits per heavy atom. The summed E-state index contributed by atoms with van der Waals surface area (Å²) in [5, 5.41) is 0. The third-order valence-electron chi connectivity index (χ3n) is 10.7. The molecular weight excluding hydrogens is 691 g/mol. The number of benzene rings is 4. The van der Waals surface area contributed by atoms with Crippen molar-refractivity contribution in [2.45, 2.75) is 87.3 Å². The first-order chi connectivity index (χ1) is 21.7. The van der Waals surface area contributed by atoms with Gasteiger partial charge in [-0.05, 0) is 0 Å². The number of hydrogen-bond donors (Lipinski definition) is 0. The van der Waals surface area contributed by atoms with Crippen molar-refractivity contribution in [3.63, 3.8) is 0 Å². The van der Waals surface area contributed by atoms with Crippen LogP contribution in [0.1, 0.15) is 121 Å². The molecule has 0 amide bonds. The van der Waals surface area contributed by atoms with Crippen molar-refractivity contribution in [1.29, 1.82) is 0 Å². The van der Waals surface area contributed by atoms with Crippen molar-refractivity contribution < 1.29 is 48.0 Å². The van der Waals surface area contributed by atoms with Gasteiger partial charge in [-0.2, -0.15) is 0 Å². The SMILES string of the molecule is CC(C)C1=C2CCC3=C(C(C)C)[CH]([Zr+2][CH]1c1cccc(-c4ccc(C(C)C)cc4)c12)c1cccc(-c2ccc(C(C)C)cc2)c13.[Cl-].[Cl-]. The topological polar surface area (TPSA) is 0 Å². The van der Waals surface area contributed by atoms with E-state index in [1.165, 1.54) is 33.4 Å². The zero-order chi connectivity index (χ0) is 31.6. The van der Waals surface area contributed by atoms with E-state index < -0.39 is 23.2 Å². The number of halogens is 2. The second-order valence-corrected chi connectivity index (χ2v) is 18.5. The average Bonchev–Trinajstić information content (AvgIpc) is 3.54. The van der Waals surface area contributed by atoms with Gasteiger partial charge in [-0.15, -0.1) is 0 Å². The van der Waals surface area contributed by atoms with Gasteiger partial charge in [0.2, 0.25) is 0 Å². The first kappa shape index (κ1) is 36.1. The molecule has 7 rings (SSSR count). The molecule has 0 spiro atoms. The number of rotatable bonds is 6. The number of fused-ring (bicyclic) bond motifs is 8. The van der Waals surface area contributed by atoms with Crippen LogP contribution in [0.15, 0.2) is 96.1 Å². The fourth-order valence-corrected chi connectivity index (χ4v) is 14.8. The van der Waals surface area contributed by atoms with Crippen molar-refractivity contribution in [3.8, 4) is 22.3 Å². The third-order valence-corrected chi connectivity index (χ3v) is 15.4. The van der Waals surface area contributed by atoms with E-state index in [0.29, 0.717) is 30.9 Å². The Hall–Kier alpha value is -2.18. The minimum atomic E-state index is -0.994. The second kappa shape index (κ2) is 14.4. The van der Waals surface area contributed by atoms with Gasteiger partial charge in [0.05, 0.1) is 0 Å². The molecule has 242 valence electrons. The fraction of sp³-hybridized carbons (Fsp3) is 0.364. The average molecular weight is 739 g/mol. The summed E-state index contributed by atoms with van der Waals surface area (Å²) >= 11 is -0.994. The zero-order valence-corrected chi connectivity index (χ0v) is 33.2. The Kier molecular flexibility index (Phi) is 11.0. The van der Waals surface area contributed by atoms with Crippen LogP contribution >= 0.6 is 0 Å². The van der Waals surface area contributed by atoms with Crippen LogP contribution in [0, 0.1) is 11.8 Å². The molecule has 0 radical (unpaired) electrons. The molecule has 3 aliphatic rings. The van der Waals surface area contributed by atoms with E-state index in [4.69, 9.17) is 0 Å². The minimum absolute atomic E-state index is 0. The van der Waals surface area contributed by atoms with Gasteiger partial charge in [0.1, 0.15) is 0 Å². The molecule has 0 saturated carbocycles. The van der Waals surface area contributed by atoms with Crippen LogP contribution in [-0.4, -0.2) is 0 Å². The first-order valence-corrected chi connectivity index (χ1v) is 20.2. The maximum atomic E-state index is 2.51. The number of hydrogen-bond acceptors (Lipinski definition) is 0. The predicted molar refractivity (Wildman–Crippen MR) is 190 cm³/mol. The van der Waals surface area contributed by atoms with Crippen LogP contribution < -0.4 is 24.8 Å². The van der Waals surface area contributed by atoms with Crippen LogP contribution in [0.5, 0.6) is 0 Å². The van der Waals surface area contributed by atoms with E-state index in [-0.39, 0.29) is 24.8 Å². The summed E-state index contributed by atoms with van der Waals surface area (Å²) < 4.78 is 1.26. The van der Waals surface area contributed by atoms with Gasteiger partial charge in [-0.1, -0.05) is 0 Å². The molecule has 2 aliphatic carbocycles. The Labute approximate surface area is 308 Å². The molecule has 0 aromatic heterocycles. The molecule has 0 saturated heterocycles. The summed E-state index contributed by atoms with van der Waals surface area (Å²) in [6.07, 6.45) is 2.27. The number of allylic oxidation sites excluding steroid dienone is 4. The Balaban J connectivity index is 0.00000217. The Morgan fingerprint density at radius 1 is 0.468 bits per heavy atom. The van der Waals surface area contributed by atoms with Gasteiger partial charge < -0.3 is 24.8 Å². The molecule has 0 nitrogen and oxygen atoms in total. The molecule has 2 atom stereocenters. The maximum Gasteiger partial charge on any atom is -1.00 e. The van der Waals surface area contributed by atoms with Crippen molar-refractivity contribution in [3.05, 3.63) is 129 Å². The molecule has 1 aliphatic heterocycles. The molecular formula is C44H48Cl2Zr. The van der Waals surface area contributed by atoms with Crippen LogP contribution in [0.4, 0.5) is 0 Å². The minimum Gasteiger partial charge on any atom is -1.00 e.